The van der Waals surface area contributed by atoms with Gasteiger partial charge in [0.2, 0.25) is 0 Å². The van der Waals surface area contributed by atoms with Gasteiger partial charge in [0.15, 0.2) is 0 Å². The summed E-state index contributed by atoms with van der Waals surface area (Å²) in [7, 11) is 1.79. The number of hydrogen-bond acceptors (Lipinski definition) is 3. The van der Waals surface area contributed by atoms with Crippen LogP contribution in [0.4, 0.5) is 5.69 Å². The van der Waals surface area contributed by atoms with Crippen LogP contribution in [0.3, 0.4) is 0 Å². The molecule has 5 nitrogen and oxygen atoms in total. The molecule has 1 aromatic heterocycles. The molecule has 21 heavy (non-hydrogen) atoms. The van der Waals surface area contributed by atoms with Gasteiger partial charge in [-0.25, -0.2) is 4.98 Å². The van der Waals surface area contributed by atoms with Gasteiger partial charge in [-0.05, 0) is 37.1 Å². The molecule has 5 heteroatoms. The molecule has 1 amide bonds. The monoisotopic (exact) mass is 286 g/mol. The van der Waals surface area contributed by atoms with Crippen LogP contribution in [0.1, 0.15) is 35.1 Å². The van der Waals surface area contributed by atoms with Crippen LogP contribution in [-0.4, -0.2) is 34.4 Å². The van der Waals surface area contributed by atoms with Gasteiger partial charge in [-0.2, -0.15) is 0 Å². The highest BCUT2D eigenvalue weighted by Crippen LogP contribution is 2.17. The van der Waals surface area contributed by atoms with Crippen molar-refractivity contribution in [1.29, 1.82) is 0 Å². The second-order valence-electron chi connectivity index (χ2n) is 5.15. The summed E-state index contributed by atoms with van der Waals surface area (Å²) in [6.07, 6.45) is 4.52. The lowest BCUT2D eigenvalue weighted by molar-refractivity contribution is 0.0781. The van der Waals surface area contributed by atoms with E-state index in [2.05, 4.69) is 22.2 Å². The van der Waals surface area contributed by atoms with Crippen LogP contribution in [0.5, 0.6) is 0 Å². The summed E-state index contributed by atoms with van der Waals surface area (Å²) >= 11 is 0. The Labute approximate surface area is 125 Å². The summed E-state index contributed by atoms with van der Waals surface area (Å²) in [5.74, 6) is 0.788. The van der Waals surface area contributed by atoms with Gasteiger partial charge in [0, 0.05) is 37.2 Å². The summed E-state index contributed by atoms with van der Waals surface area (Å²) in [6.45, 7) is 5.50. The zero-order valence-electron chi connectivity index (χ0n) is 12.8. The number of carbonyl (C=O) groups excluding carboxylic acids is 1. The second kappa shape index (κ2) is 6.92. The average molecular weight is 286 g/mol. The molecule has 0 spiro atoms. The van der Waals surface area contributed by atoms with E-state index in [4.69, 9.17) is 0 Å². The van der Waals surface area contributed by atoms with Crippen molar-refractivity contribution in [3.63, 3.8) is 0 Å². The van der Waals surface area contributed by atoms with Crippen LogP contribution >= 0.6 is 0 Å². The molecule has 0 unspecified atom stereocenters. The highest BCUT2D eigenvalue weighted by molar-refractivity contribution is 5.95. The van der Waals surface area contributed by atoms with Crippen LogP contribution in [0.25, 0.3) is 0 Å². The van der Waals surface area contributed by atoms with E-state index in [0.717, 1.165) is 35.6 Å². The van der Waals surface area contributed by atoms with Gasteiger partial charge < -0.3 is 15.2 Å². The summed E-state index contributed by atoms with van der Waals surface area (Å²) < 4.78 is 0. The van der Waals surface area contributed by atoms with Crippen molar-refractivity contribution in [2.24, 2.45) is 0 Å². The van der Waals surface area contributed by atoms with E-state index >= 15 is 0 Å². The predicted molar refractivity (Wildman–Crippen MR) is 84.3 cm³/mol. The molecule has 112 valence electrons. The fraction of sp³-hybridized carbons (Fsp3) is 0.375. The maximum atomic E-state index is 12.5. The highest BCUT2D eigenvalue weighted by atomic mass is 16.2. The van der Waals surface area contributed by atoms with Gasteiger partial charge in [-0.3, -0.25) is 4.79 Å². The molecule has 0 aliphatic heterocycles. The second-order valence-corrected chi connectivity index (χ2v) is 5.15. The molecular formula is C16H22N4O. The smallest absolute Gasteiger partial charge is 0.254 e. The van der Waals surface area contributed by atoms with Crippen LogP contribution < -0.4 is 5.32 Å². The Bertz CT molecular complexity index is 592. The lowest BCUT2D eigenvalue weighted by atomic mass is 10.1. The molecule has 0 aliphatic rings. The summed E-state index contributed by atoms with van der Waals surface area (Å²) in [5, 5.41) is 3.33. The number of anilines is 1. The quantitative estimate of drug-likeness (QED) is 0.858. The number of H-pyrrole nitrogens is 1. The Balaban J connectivity index is 2.07. The van der Waals surface area contributed by atoms with E-state index in [0.29, 0.717) is 6.54 Å². The van der Waals surface area contributed by atoms with E-state index in [1.807, 2.05) is 25.1 Å². The maximum Gasteiger partial charge on any atom is 0.254 e. The van der Waals surface area contributed by atoms with Crippen molar-refractivity contribution < 1.29 is 4.79 Å². The normalized spacial score (nSPS) is 10.4. The summed E-state index contributed by atoms with van der Waals surface area (Å²) in [6, 6.07) is 5.86. The Hall–Kier alpha value is -2.30. The number of imidazole rings is 1. The SMILES string of the molecule is CCCNc1ccc(C(=O)N(C)Cc2ncc[nH]2)c(C)c1. The minimum absolute atomic E-state index is 0.00550. The molecule has 2 rings (SSSR count). The van der Waals surface area contributed by atoms with Crippen LogP contribution in [0.15, 0.2) is 30.6 Å². The minimum Gasteiger partial charge on any atom is -0.385 e. The van der Waals surface area contributed by atoms with Crippen LogP contribution in [0, 0.1) is 6.92 Å². The fourth-order valence-corrected chi connectivity index (χ4v) is 2.17. The molecule has 2 aromatic rings. The summed E-state index contributed by atoms with van der Waals surface area (Å²) in [5.41, 5.74) is 2.76. The zero-order valence-corrected chi connectivity index (χ0v) is 12.8. The van der Waals surface area contributed by atoms with E-state index in [-0.39, 0.29) is 5.91 Å². The van der Waals surface area contributed by atoms with E-state index in [1.54, 1.807) is 24.3 Å². The number of aromatic amines is 1. The van der Waals surface area contributed by atoms with Gasteiger partial charge in [0.05, 0.1) is 6.54 Å². The Morgan fingerprint density at radius 2 is 2.24 bits per heavy atom. The third-order valence-corrected chi connectivity index (χ3v) is 3.32. The number of carbonyl (C=O) groups is 1. The molecule has 0 fully saturated rings. The zero-order chi connectivity index (χ0) is 15.2. The summed E-state index contributed by atoms with van der Waals surface area (Å²) in [4.78, 5) is 21.3. The lowest BCUT2D eigenvalue weighted by Gasteiger charge is -2.18. The van der Waals surface area contributed by atoms with Crippen LogP contribution in [0.2, 0.25) is 0 Å². The van der Waals surface area contributed by atoms with Gasteiger partial charge in [-0.1, -0.05) is 6.92 Å². The Kier molecular flexibility index (Phi) is 4.98. The largest absolute Gasteiger partial charge is 0.385 e. The minimum atomic E-state index is 0.00550. The van der Waals surface area contributed by atoms with Crippen molar-refractivity contribution in [3.05, 3.63) is 47.5 Å². The van der Waals surface area contributed by atoms with E-state index in [1.165, 1.54) is 0 Å². The van der Waals surface area contributed by atoms with Crippen molar-refractivity contribution in [1.82, 2.24) is 14.9 Å². The van der Waals surface area contributed by atoms with Gasteiger partial charge in [0.1, 0.15) is 5.82 Å². The Morgan fingerprint density at radius 3 is 2.86 bits per heavy atom. The average Bonchev–Trinajstić information content (AvgIpc) is 2.97. The molecule has 0 atom stereocenters. The third kappa shape index (κ3) is 3.84. The molecule has 1 heterocycles. The molecule has 0 aliphatic carbocycles. The molecule has 0 saturated heterocycles. The first-order valence-corrected chi connectivity index (χ1v) is 7.20. The number of aromatic nitrogens is 2. The lowest BCUT2D eigenvalue weighted by Crippen LogP contribution is -2.27. The topological polar surface area (TPSA) is 61.0 Å². The number of aryl methyl sites for hydroxylation is 1. The first-order valence-electron chi connectivity index (χ1n) is 7.20. The number of nitrogens with one attached hydrogen (secondary N) is 2. The first kappa shape index (κ1) is 15.1. The maximum absolute atomic E-state index is 12.5. The van der Waals surface area contributed by atoms with Gasteiger partial charge >= 0.3 is 0 Å². The molecule has 1 aromatic carbocycles. The third-order valence-electron chi connectivity index (χ3n) is 3.32. The molecule has 0 radical (unpaired) electrons. The van der Waals surface area contributed by atoms with Crippen molar-refractivity contribution >= 4 is 11.6 Å². The number of amides is 1. The number of hydrogen-bond donors (Lipinski definition) is 2. The Morgan fingerprint density at radius 1 is 1.43 bits per heavy atom. The predicted octanol–water partition coefficient (Wildman–Crippen LogP) is 2.81. The number of benzene rings is 1. The van der Waals surface area contributed by atoms with Gasteiger partial charge in [-0.15, -0.1) is 0 Å². The van der Waals surface area contributed by atoms with Crippen molar-refractivity contribution in [2.75, 3.05) is 18.9 Å². The van der Waals surface area contributed by atoms with Gasteiger partial charge in [0.25, 0.3) is 5.91 Å². The number of nitrogens with zero attached hydrogens (tertiary/aromatic N) is 2. The molecule has 0 bridgehead atoms. The van der Waals surface area contributed by atoms with Crippen molar-refractivity contribution in [2.45, 2.75) is 26.8 Å². The van der Waals surface area contributed by atoms with Crippen LogP contribution in [-0.2, 0) is 6.54 Å². The first-order chi connectivity index (χ1) is 10.1. The molecule has 2 N–H and O–H groups in total. The molecule has 0 saturated carbocycles. The highest BCUT2D eigenvalue weighted by Gasteiger charge is 2.15. The van der Waals surface area contributed by atoms with E-state index in [9.17, 15) is 4.79 Å². The standard InChI is InChI=1S/C16H22N4O/c1-4-7-17-13-5-6-14(12(2)10-13)16(21)20(3)11-15-18-8-9-19-15/h5-6,8-10,17H,4,7,11H2,1-3H3,(H,18,19). The van der Waals surface area contributed by atoms with E-state index < -0.39 is 0 Å². The fourth-order valence-electron chi connectivity index (χ4n) is 2.17. The number of rotatable bonds is 6. The molecular weight excluding hydrogens is 264 g/mol. The van der Waals surface area contributed by atoms with Crippen molar-refractivity contribution in [3.8, 4) is 0 Å².